The van der Waals surface area contributed by atoms with E-state index in [0.717, 1.165) is 5.92 Å². The Morgan fingerprint density at radius 1 is 1.12 bits per heavy atom. The van der Waals surface area contributed by atoms with Crippen molar-refractivity contribution in [3.8, 4) is 0 Å². The summed E-state index contributed by atoms with van der Waals surface area (Å²) in [5.41, 5.74) is 3.02. The van der Waals surface area contributed by atoms with Crippen LogP contribution in [0.5, 0.6) is 0 Å². The van der Waals surface area contributed by atoms with Gasteiger partial charge in [0.05, 0.1) is 0 Å². The molecular weight excluding hydrogens is 260 g/mol. The van der Waals surface area contributed by atoms with Gasteiger partial charge in [0.25, 0.3) is 0 Å². The average Bonchev–Trinajstić information content (AvgIpc) is 2.27. The van der Waals surface area contributed by atoms with Crippen molar-refractivity contribution in [3.05, 3.63) is 47.5 Å². The zero-order valence-electron chi connectivity index (χ0n) is 9.41. The standard InChI is InChI=1S/C15H15Br/c1-10-6-13-8-11-4-2-3-5-12(11)9-14(13)15(16)7-10/h2-5,8-10,15H,6-7H2,1H3. The van der Waals surface area contributed by atoms with Gasteiger partial charge in [0.2, 0.25) is 0 Å². The summed E-state index contributed by atoms with van der Waals surface area (Å²) in [6.45, 7) is 2.34. The smallest absolute Gasteiger partial charge is 0.0400 e. The Labute approximate surface area is 105 Å². The topological polar surface area (TPSA) is 0 Å². The van der Waals surface area contributed by atoms with E-state index < -0.39 is 0 Å². The molecule has 0 fully saturated rings. The van der Waals surface area contributed by atoms with Crippen LogP contribution in [0.25, 0.3) is 10.8 Å². The van der Waals surface area contributed by atoms with E-state index in [1.54, 1.807) is 0 Å². The summed E-state index contributed by atoms with van der Waals surface area (Å²) in [6.07, 6.45) is 2.48. The van der Waals surface area contributed by atoms with E-state index in [0.29, 0.717) is 4.83 Å². The van der Waals surface area contributed by atoms with E-state index in [4.69, 9.17) is 0 Å². The van der Waals surface area contributed by atoms with Crippen LogP contribution in [-0.4, -0.2) is 0 Å². The van der Waals surface area contributed by atoms with Crippen LogP contribution >= 0.6 is 15.9 Å². The third kappa shape index (κ3) is 1.67. The SMILES string of the molecule is CC1Cc2cc3ccccc3cc2C(Br)C1. The molecule has 16 heavy (non-hydrogen) atoms. The van der Waals surface area contributed by atoms with Gasteiger partial charge in [-0.3, -0.25) is 0 Å². The molecule has 2 unspecified atom stereocenters. The summed E-state index contributed by atoms with van der Waals surface area (Å²) in [5.74, 6) is 0.790. The summed E-state index contributed by atoms with van der Waals surface area (Å²) < 4.78 is 0. The van der Waals surface area contributed by atoms with Crippen LogP contribution < -0.4 is 0 Å². The van der Waals surface area contributed by atoms with Crippen molar-refractivity contribution in [2.24, 2.45) is 5.92 Å². The maximum Gasteiger partial charge on any atom is 0.0400 e. The molecule has 0 saturated heterocycles. The quantitative estimate of drug-likeness (QED) is 0.602. The number of benzene rings is 2. The molecule has 0 bridgehead atoms. The molecule has 1 aliphatic carbocycles. The monoisotopic (exact) mass is 274 g/mol. The molecule has 0 N–H and O–H groups in total. The van der Waals surface area contributed by atoms with Crippen molar-refractivity contribution in [2.75, 3.05) is 0 Å². The highest BCUT2D eigenvalue weighted by atomic mass is 79.9. The molecule has 0 nitrogen and oxygen atoms in total. The van der Waals surface area contributed by atoms with Gasteiger partial charge in [0.15, 0.2) is 0 Å². The average molecular weight is 275 g/mol. The van der Waals surface area contributed by atoms with E-state index in [9.17, 15) is 0 Å². The minimum Gasteiger partial charge on any atom is -0.0839 e. The van der Waals surface area contributed by atoms with E-state index >= 15 is 0 Å². The second kappa shape index (κ2) is 3.89. The van der Waals surface area contributed by atoms with Gasteiger partial charge in [-0.15, -0.1) is 0 Å². The normalized spacial score (nSPS) is 24.4. The van der Waals surface area contributed by atoms with Crippen LogP contribution in [0.4, 0.5) is 0 Å². The minimum absolute atomic E-state index is 0.538. The molecule has 2 aromatic rings. The van der Waals surface area contributed by atoms with Crippen LogP contribution in [0.15, 0.2) is 36.4 Å². The Hall–Kier alpha value is -0.820. The van der Waals surface area contributed by atoms with E-state index in [1.807, 2.05) is 0 Å². The maximum atomic E-state index is 3.81. The highest BCUT2D eigenvalue weighted by Crippen LogP contribution is 2.40. The molecule has 1 aliphatic rings. The minimum atomic E-state index is 0.538. The summed E-state index contributed by atoms with van der Waals surface area (Å²) in [4.78, 5) is 0.538. The third-order valence-corrected chi connectivity index (χ3v) is 4.39. The first-order chi connectivity index (χ1) is 7.74. The molecule has 2 atom stereocenters. The lowest BCUT2D eigenvalue weighted by molar-refractivity contribution is 0.499. The van der Waals surface area contributed by atoms with Crippen molar-refractivity contribution < 1.29 is 0 Å². The van der Waals surface area contributed by atoms with Crippen molar-refractivity contribution in [1.82, 2.24) is 0 Å². The molecule has 82 valence electrons. The summed E-state index contributed by atoms with van der Waals surface area (Å²) in [6, 6.07) is 13.4. The molecule has 0 spiro atoms. The lowest BCUT2D eigenvalue weighted by atomic mass is 9.83. The van der Waals surface area contributed by atoms with Crippen LogP contribution in [0.2, 0.25) is 0 Å². The maximum absolute atomic E-state index is 3.81. The summed E-state index contributed by atoms with van der Waals surface area (Å²) in [5, 5.41) is 2.73. The molecular formula is C15H15Br. The molecule has 0 amide bonds. The third-order valence-electron chi connectivity index (χ3n) is 3.52. The Morgan fingerprint density at radius 2 is 1.81 bits per heavy atom. The van der Waals surface area contributed by atoms with Gasteiger partial charge in [0.1, 0.15) is 0 Å². The Morgan fingerprint density at radius 3 is 2.56 bits per heavy atom. The van der Waals surface area contributed by atoms with Gasteiger partial charge in [0, 0.05) is 4.83 Å². The number of halogens is 1. The van der Waals surface area contributed by atoms with Crippen LogP contribution in [0.1, 0.15) is 29.3 Å². The van der Waals surface area contributed by atoms with E-state index in [1.165, 1.54) is 34.7 Å². The van der Waals surface area contributed by atoms with Gasteiger partial charge in [-0.25, -0.2) is 0 Å². The molecule has 0 aliphatic heterocycles. The first kappa shape index (κ1) is 10.3. The predicted octanol–water partition coefficient (Wildman–Crippen LogP) is 4.86. The fraction of sp³-hybridized carbons (Fsp3) is 0.333. The summed E-state index contributed by atoms with van der Waals surface area (Å²) in [7, 11) is 0. The lowest BCUT2D eigenvalue weighted by Crippen LogP contribution is -2.13. The second-order valence-corrected chi connectivity index (χ2v) is 6.02. The predicted molar refractivity (Wildman–Crippen MR) is 73.1 cm³/mol. The number of hydrogen-bond acceptors (Lipinski definition) is 0. The molecule has 2 aromatic carbocycles. The van der Waals surface area contributed by atoms with Crippen molar-refractivity contribution in [2.45, 2.75) is 24.6 Å². The highest BCUT2D eigenvalue weighted by Gasteiger charge is 2.22. The van der Waals surface area contributed by atoms with Gasteiger partial charge in [-0.05, 0) is 46.7 Å². The van der Waals surface area contributed by atoms with Gasteiger partial charge in [-0.2, -0.15) is 0 Å². The van der Waals surface area contributed by atoms with Gasteiger partial charge < -0.3 is 0 Å². The zero-order chi connectivity index (χ0) is 11.1. The van der Waals surface area contributed by atoms with Crippen molar-refractivity contribution in [3.63, 3.8) is 0 Å². The molecule has 1 heteroatoms. The molecule has 0 heterocycles. The lowest BCUT2D eigenvalue weighted by Gasteiger charge is -2.26. The highest BCUT2D eigenvalue weighted by molar-refractivity contribution is 9.09. The van der Waals surface area contributed by atoms with Gasteiger partial charge in [-0.1, -0.05) is 53.2 Å². The fourth-order valence-corrected chi connectivity index (χ4v) is 3.78. The fourth-order valence-electron chi connectivity index (χ4n) is 2.71. The number of hydrogen-bond donors (Lipinski definition) is 0. The van der Waals surface area contributed by atoms with Gasteiger partial charge >= 0.3 is 0 Å². The zero-order valence-corrected chi connectivity index (χ0v) is 11.0. The van der Waals surface area contributed by atoms with Crippen molar-refractivity contribution in [1.29, 1.82) is 0 Å². The van der Waals surface area contributed by atoms with Crippen LogP contribution in [-0.2, 0) is 6.42 Å². The Bertz CT molecular complexity index is 530. The number of rotatable bonds is 0. The second-order valence-electron chi connectivity index (χ2n) is 4.91. The number of alkyl halides is 1. The van der Waals surface area contributed by atoms with Crippen molar-refractivity contribution >= 4 is 26.7 Å². The first-order valence-electron chi connectivity index (χ1n) is 5.89. The molecule has 3 rings (SSSR count). The molecule has 0 aromatic heterocycles. The largest absolute Gasteiger partial charge is 0.0839 e. The van der Waals surface area contributed by atoms with E-state index in [2.05, 4.69) is 59.3 Å². The van der Waals surface area contributed by atoms with E-state index in [-0.39, 0.29) is 0 Å². The number of fused-ring (bicyclic) bond motifs is 2. The summed E-state index contributed by atoms with van der Waals surface area (Å²) >= 11 is 3.81. The van der Waals surface area contributed by atoms with Crippen LogP contribution in [0.3, 0.4) is 0 Å². The first-order valence-corrected chi connectivity index (χ1v) is 6.81. The van der Waals surface area contributed by atoms with Crippen LogP contribution in [0, 0.1) is 5.92 Å². The molecule has 0 radical (unpaired) electrons. The Kier molecular flexibility index (Phi) is 2.51. The molecule has 0 saturated carbocycles. The Balaban J connectivity index is 2.22.